The number of aryl methyl sites for hydroxylation is 1. The zero-order valence-electron chi connectivity index (χ0n) is 12.1. The van der Waals surface area contributed by atoms with E-state index in [4.69, 9.17) is 15.2 Å². The summed E-state index contributed by atoms with van der Waals surface area (Å²) >= 11 is 0. The lowest BCUT2D eigenvalue weighted by Gasteiger charge is -2.27. The molecule has 1 aromatic rings. The summed E-state index contributed by atoms with van der Waals surface area (Å²) in [7, 11) is 3.35. The lowest BCUT2D eigenvalue weighted by atomic mass is 9.97. The normalized spacial score (nSPS) is 13.7. The Morgan fingerprint density at radius 2 is 2.11 bits per heavy atom. The Kier molecular flexibility index (Phi) is 5.16. The van der Waals surface area contributed by atoms with E-state index >= 15 is 0 Å². The molecule has 1 rings (SSSR count). The van der Waals surface area contributed by atoms with Crippen LogP contribution < -0.4 is 10.5 Å². The molecule has 0 aliphatic carbocycles. The summed E-state index contributed by atoms with van der Waals surface area (Å²) < 4.78 is 12.7. The van der Waals surface area contributed by atoms with E-state index in [0.717, 1.165) is 30.8 Å². The van der Waals surface area contributed by atoms with Crippen LogP contribution in [0.15, 0.2) is 6.20 Å². The number of nitrogens with two attached hydrogens (primary N) is 1. The monoisotopic (exact) mass is 255 g/mol. The van der Waals surface area contributed by atoms with Gasteiger partial charge in [0.25, 0.3) is 0 Å². The minimum Gasteiger partial charge on any atom is -0.493 e. The lowest BCUT2D eigenvalue weighted by Crippen LogP contribution is -2.30. The third-order valence-electron chi connectivity index (χ3n) is 3.12. The highest BCUT2D eigenvalue weighted by molar-refractivity contribution is 5.28. The van der Waals surface area contributed by atoms with Gasteiger partial charge < -0.3 is 15.2 Å². The van der Waals surface area contributed by atoms with Gasteiger partial charge in [-0.1, -0.05) is 6.92 Å². The first-order chi connectivity index (χ1) is 8.45. The first kappa shape index (κ1) is 15.0. The maximum atomic E-state index is 6.29. The SMILES string of the molecule is CCCn1ncc(OC)c1C(N)CC(C)(C)OC. The summed E-state index contributed by atoms with van der Waals surface area (Å²) in [5.74, 6) is 0.753. The Hall–Kier alpha value is -1.07. The van der Waals surface area contributed by atoms with Crippen molar-refractivity contribution < 1.29 is 9.47 Å². The predicted octanol–water partition coefficient (Wildman–Crippen LogP) is 2.12. The Balaban J connectivity index is 2.95. The van der Waals surface area contributed by atoms with Crippen LogP contribution in [-0.4, -0.2) is 29.6 Å². The van der Waals surface area contributed by atoms with Gasteiger partial charge in [0, 0.05) is 13.7 Å². The minimum absolute atomic E-state index is 0.149. The van der Waals surface area contributed by atoms with Gasteiger partial charge in [0.15, 0.2) is 5.75 Å². The van der Waals surface area contributed by atoms with Crippen LogP contribution in [-0.2, 0) is 11.3 Å². The largest absolute Gasteiger partial charge is 0.493 e. The lowest BCUT2D eigenvalue weighted by molar-refractivity contribution is 0.00920. The van der Waals surface area contributed by atoms with Gasteiger partial charge >= 0.3 is 0 Å². The molecule has 5 nitrogen and oxygen atoms in total. The minimum atomic E-state index is -0.258. The number of hydrogen-bond acceptors (Lipinski definition) is 4. The van der Waals surface area contributed by atoms with Crippen LogP contribution >= 0.6 is 0 Å². The second kappa shape index (κ2) is 6.20. The molecule has 1 heterocycles. The average molecular weight is 255 g/mol. The van der Waals surface area contributed by atoms with E-state index in [2.05, 4.69) is 12.0 Å². The van der Waals surface area contributed by atoms with Crippen LogP contribution in [0.1, 0.15) is 45.3 Å². The van der Waals surface area contributed by atoms with E-state index in [0.29, 0.717) is 0 Å². The molecule has 0 aliphatic rings. The van der Waals surface area contributed by atoms with E-state index in [1.807, 2.05) is 18.5 Å². The van der Waals surface area contributed by atoms with Crippen molar-refractivity contribution in [3.8, 4) is 5.75 Å². The molecule has 0 saturated carbocycles. The van der Waals surface area contributed by atoms with Gasteiger partial charge in [-0.25, -0.2) is 0 Å². The summed E-state index contributed by atoms with van der Waals surface area (Å²) in [6.07, 6.45) is 3.46. The second-order valence-electron chi connectivity index (χ2n) is 5.10. The highest BCUT2D eigenvalue weighted by Gasteiger charge is 2.26. The average Bonchev–Trinajstić information content (AvgIpc) is 2.72. The molecule has 5 heteroatoms. The maximum absolute atomic E-state index is 6.29. The Morgan fingerprint density at radius 3 is 2.61 bits per heavy atom. The standard InChI is InChI=1S/C13H25N3O2/c1-6-7-16-12(11(17-4)9-15-16)10(14)8-13(2,3)18-5/h9-10H,6-8,14H2,1-5H3. The third kappa shape index (κ3) is 3.46. The van der Waals surface area contributed by atoms with Crippen LogP contribution in [0.5, 0.6) is 5.75 Å². The van der Waals surface area contributed by atoms with Crippen molar-refractivity contribution in [1.29, 1.82) is 0 Å². The van der Waals surface area contributed by atoms with Crippen molar-refractivity contribution >= 4 is 0 Å². The third-order valence-corrected chi connectivity index (χ3v) is 3.12. The van der Waals surface area contributed by atoms with Crippen LogP contribution in [0.3, 0.4) is 0 Å². The molecule has 0 fully saturated rings. The molecule has 0 bridgehead atoms. The molecule has 0 saturated heterocycles. The fourth-order valence-electron chi connectivity index (χ4n) is 2.01. The summed E-state index contributed by atoms with van der Waals surface area (Å²) in [6, 6.07) is -0.149. The van der Waals surface area contributed by atoms with E-state index in [-0.39, 0.29) is 11.6 Å². The summed E-state index contributed by atoms with van der Waals surface area (Å²) in [5, 5.41) is 4.32. The number of methoxy groups -OCH3 is 2. The van der Waals surface area contributed by atoms with Gasteiger partial charge in [-0.2, -0.15) is 5.10 Å². The summed E-state index contributed by atoms with van der Waals surface area (Å²) in [4.78, 5) is 0. The molecular formula is C13H25N3O2. The molecule has 104 valence electrons. The molecule has 1 unspecified atom stereocenters. The number of ether oxygens (including phenoxy) is 2. The number of rotatable bonds is 7. The van der Waals surface area contributed by atoms with Crippen molar-refractivity contribution in [2.24, 2.45) is 5.73 Å². The zero-order valence-corrected chi connectivity index (χ0v) is 12.1. The van der Waals surface area contributed by atoms with E-state index < -0.39 is 0 Å². The molecule has 2 N–H and O–H groups in total. The van der Waals surface area contributed by atoms with Gasteiger partial charge in [0.1, 0.15) is 0 Å². The Morgan fingerprint density at radius 1 is 1.44 bits per heavy atom. The molecule has 18 heavy (non-hydrogen) atoms. The summed E-state index contributed by atoms with van der Waals surface area (Å²) in [6.45, 7) is 7.02. The predicted molar refractivity (Wildman–Crippen MR) is 71.7 cm³/mol. The van der Waals surface area contributed by atoms with Crippen molar-refractivity contribution in [2.75, 3.05) is 14.2 Å². The zero-order chi connectivity index (χ0) is 13.8. The highest BCUT2D eigenvalue weighted by atomic mass is 16.5. The molecule has 0 spiro atoms. The first-order valence-electron chi connectivity index (χ1n) is 6.35. The fourth-order valence-corrected chi connectivity index (χ4v) is 2.01. The van der Waals surface area contributed by atoms with E-state index in [1.54, 1.807) is 20.4 Å². The maximum Gasteiger partial charge on any atom is 0.161 e. The van der Waals surface area contributed by atoms with Gasteiger partial charge in [0.05, 0.1) is 30.6 Å². The number of aromatic nitrogens is 2. The quantitative estimate of drug-likeness (QED) is 0.810. The molecule has 0 radical (unpaired) electrons. The molecule has 1 atom stereocenters. The van der Waals surface area contributed by atoms with Crippen molar-refractivity contribution in [1.82, 2.24) is 9.78 Å². The van der Waals surface area contributed by atoms with E-state index in [9.17, 15) is 0 Å². The number of hydrogen-bond donors (Lipinski definition) is 1. The first-order valence-corrected chi connectivity index (χ1v) is 6.35. The van der Waals surface area contributed by atoms with Crippen LogP contribution in [0, 0.1) is 0 Å². The number of nitrogens with zero attached hydrogens (tertiary/aromatic N) is 2. The van der Waals surface area contributed by atoms with Gasteiger partial charge in [0.2, 0.25) is 0 Å². The molecular weight excluding hydrogens is 230 g/mol. The smallest absolute Gasteiger partial charge is 0.161 e. The fraction of sp³-hybridized carbons (Fsp3) is 0.769. The Labute approximate surface area is 109 Å². The van der Waals surface area contributed by atoms with Crippen LogP contribution in [0.25, 0.3) is 0 Å². The molecule has 0 aliphatic heterocycles. The van der Waals surface area contributed by atoms with Crippen LogP contribution in [0.2, 0.25) is 0 Å². The summed E-state index contributed by atoms with van der Waals surface area (Å²) in [5.41, 5.74) is 6.98. The molecule has 0 amide bonds. The van der Waals surface area contributed by atoms with Gasteiger partial charge in [-0.05, 0) is 26.7 Å². The van der Waals surface area contributed by atoms with Crippen molar-refractivity contribution in [3.05, 3.63) is 11.9 Å². The molecule has 0 aromatic carbocycles. The second-order valence-corrected chi connectivity index (χ2v) is 5.10. The highest BCUT2D eigenvalue weighted by Crippen LogP contribution is 2.30. The van der Waals surface area contributed by atoms with Gasteiger partial charge in [-0.3, -0.25) is 4.68 Å². The molecule has 1 aromatic heterocycles. The van der Waals surface area contributed by atoms with E-state index in [1.165, 1.54) is 0 Å². The topological polar surface area (TPSA) is 62.3 Å². The van der Waals surface area contributed by atoms with Crippen molar-refractivity contribution in [2.45, 2.75) is 51.8 Å². The van der Waals surface area contributed by atoms with Crippen molar-refractivity contribution in [3.63, 3.8) is 0 Å². The Bertz CT molecular complexity index is 374. The van der Waals surface area contributed by atoms with Crippen LogP contribution in [0.4, 0.5) is 0 Å². The van der Waals surface area contributed by atoms with Gasteiger partial charge in [-0.15, -0.1) is 0 Å².